The summed E-state index contributed by atoms with van der Waals surface area (Å²) in [6.45, 7) is 11.4. The fourth-order valence-corrected chi connectivity index (χ4v) is 3.60. The zero-order chi connectivity index (χ0) is 14.3. The minimum atomic E-state index is 0.495. The van der Waals surface area contributed by atoms with Crippen molar-refractivity contribution in [2.75, 3.05) is 20.3 Å². The molecule has 0 spiro atoms. The summed E-state index contributed by atoms with van der Waals surface area (Å²) in [6, 6.07) is 0.709. The van der Waals surface area contributed by atoms with Gasteiger partial charge in [0.1, 0.15) is 0 Å². The van der Waals surface area contributed by atoms with Crippen molar-refractivity contribution >= 4 is 0 Å². The van der Waals surface area contributed by atoms with Crippen LogP contribution in [-0.4, -0.2) is 26.3 Å². The molecule has 114 valence electrons. The standard InChI is InChI=1S/C17H35NO/c1-6-18-16(8-7-13-19-5)14-9-11-15(12-10-14)17(2,3)4/h14-16,18H,6-13H2,1-5H3. The molecule has 19 heavy (non-hydrogen) atoms. The maximum atomic E-state index is 5.19. The Labute approximate surface area is 120 Å². The number of ether oxygens (including phenoxy) is 1. The van der Waals surface area contributed by atoms with Gasteiger partial charge in [-0.15, -0.1) is 0 Å². The van der Waals surface area contributed by atoms with Gasteiger partial charge in [0.25, 0.3) is 0 Å². The second kappa shape index (κ2) is 8.26. The average Bonchev–Trinajstić information content (AvgIpc) is 2.37. The largest absolute Gasteiger partial charge is 0.385 e. The molecule has 1 unspecified atom stereocenters. The van der Waals surface area contributed by atoms with Crippen LogP contribution in [0.4, 0.5) is 0 Å². The third-order valence-corrected chi connectivity index (χ3v) is 4.90. The molecule has 1 N–H and O–H groups in total. The smallest absolute Gasteiger partial charge is 0.0462 e. The Kier molecular flexibility index (Phi) is 7.38. The van der Waals surface area contributed by atoms with Crippen LogP contribution in [0.2, 0.25) is 0 Å². The van der Waals surface area contributed by atoms with E-state index in [1.165, 1.54) is 38.5 Å². The molecule has 1 saturated carbocycles. The average molecular weight is 269 g/mol. The van der Waals surface area contributed by atoms with Gasteiger partial charge in [-0.25, -0.2) is 0 Å². The summed E-state index contributed by atoms with van der Waals surface area (Å²) in [4.78, 5) is 0. The van der Waals surface area contributed by atoms with Gasteiger partial charge in [0.2, 0.25) is 0 Å². The van der Waals surface area contributed by atoms with E-state index in [2.05, 4.69) is 33.0 Å². The van der Waals surface area contributed by atoms with Gasteiger partial charge in [-0.3, -0.25) is 0 Å². The highest BCUT2D eigenvalue weighted by atomic mass is 16.5. The molecule has 1 rings (SSSR count). The fourth-order valence-electron chi connectivity index (χ4n) is 3.60. The molecule has 0 heterocycles. The number of rotatable bonds is 7. The predicted molar refractivity (Wildman–Crippen MR) is 83.5 cm³/mol. The van der Waals surface area contributed by atoms with Gasteiger partial charge in [0, 0.05) is 19.8 Å². The summed E-state index contributed by atoms with van der Waals surface area (Å²) in [6.07, 6.45) is 8.11. The quantitative estimate of drug-likeness (QED) is 0.698. The topological polar surface area (TPSA) is 21.3 Å². The lowest BCUT2D eigenvalue weighted by Crippen LogP contribution is -2.39. The summed E-state index contributed by atoms with van der Waals surface area (Å²) in [5, 5.41) is 3.71. The van der Waals surface area contributed by atoms with E-state index < -0.39 is 0 Å². The molecule has 1 aliphatic carbocycles. The predicted octanol–water partition coefficient (Wildman–Crippen LogP) is 4.24. The molecule has 0 saturated heterocycles. The Morgan fingerprint density at radius 2 is 1.79 bits per heavy atom. The van der Waals surface area contributed by atoms with E-state index in [0.29, 0.717) is 11.5 Å². The normalized spacial score (nSPS) is 26.4. The molecule has 2 nitrogen and oxygen atoms in total. The molecule has 0 amide bonds. The van der Waals surface area contributed by atoms with Crippen LogP contribution >= 0.6 is 0 Å². The van der Waals surface area contributed by atoms with Crippen molar-refractivity contribution in [2.24, 2.45) is 17.3 Å². The maximum Gasteiger partial charge on any atom is 0.0462 e. The Morgan fingerprint density at radius 1 is 1.16 bits per heavy atom. The van der Waals surface area contributed by atoms with Crippen molar-refractivity contribution in [1.82, 2.24) is 5.32 Å². The molecule has 0 radical (unpaired) electrons. The molecular weight excluding hydrogens is 234 g/mol. The SMILES string of the molecule is CCNC(CCCOC)C1CCC(C(C)(C)C)CC1. The van der Waals surface area contributed by atoms with Gasteiger partial charge < -0.3 is 10.1 Å². The Balaban J connectivity index is 2.40. The first-order valence-corrected chi connectivity index (χ1v) is 8.21. The number of hydrogen-bond acceptors (Lipinski definition) is 2. The molecular formula is C17H35NO. The van der Waals surface area contributed by atoms with E-state index in [1.807, 2.05) is 0 Å². The monoisotopic (exact) mass is 269 g/mol. The summed E-state index contributed by atoms with van der Waals surface area (Å²) in [7, 11) is 1.80. The molecule has 1 fully saturated rings. The second-order valence-corrected chi connectivity index (χ2v) is 7.28. The van der Waals surface area contributed by atoms with E-state index in [9.17, 15) is 0 Å². The minimum Gasteiger partial charge on any atom is -0.385 e. The Bertz CT molecular complexity index is 226. The Hall–Kier alpha value is -0.0800. The molecule has 0 aliphatic heterocycles. The third-order valence-electron chi connectivity index (χ3n) is 4.90. The fraction of sp³-hybridized carbons (Fsp3) is 1.00. The first-order chi connectivity index (χ1) is 8.99. The first-order valence-electron chi connectivity index (χ1n) is 8.21. The van der Waals surface area contributed by atoms with Crippen molar-refractivity contribution in [3.8, 4) is 0 Å². The van der Waals surface area contributed by atoms with Gasteiger partial charge in [-0.05, 0) is 62.3 Å². The van der Waals surface area contributed by atoms with Crippen LogP contribution in [-0.2, 0) is 4.74 Å². The van der Waals surface area contributed by atoms with Crippen LogP contribution in [0.1, 0.15) is 66.2 Å². The lowest BCUT2D eigenvalue weighted by molar-refractivity contribution is 0.125. The summed E-state index contributed by atoms with van der Waals surface area (Å²) in [5.41, 5.74) is 0.495. The molecule has 1 aliphatic rings. The van der Waals surface area contributed by atoms with Crippen molar-refractivity contribution in [3.63, 3.8) is 0 Å². The van der Waals surface area contributed by atoms with Crippen molar-refractivity contribution in [2.45, 2.75) is 72.3 Å². The first kappa shape index (κ1) is 17.0. The molecule has 0 aromatic rings. The van der Waals surface area contributed by atoms with Gasteiger partial charge in [0.05, 0.1) is 0 Å². The van der Waals surface area contributed by atoms with Crippen LogP contribution in [0.5, 0.6) is 0 Å². The molecule has 0 aromatic heterocycles. The zero-order valence-electron chi connectivity index (χ0n) is 13.8. The van der Waals surface area contributed by atoms with Crippen molar-refractivity contribution < 1.29 is 4.74 Å². The highest BCUT2D eigenvalue weighted by Gasteiger charge is 2.32. The van der Waals surface area contributed by atoms with Crippen LogP contribution < -0.4 is 5.32 Å². The van der Waals surface area contributed by atoms with E-state index in [-0.39, 0.29) is 0 Å². The highest BCUT2D eigenvalue weighted by Crippen LogP contribution is 2.41. The van der Waals surface area contributed by atoms with Crippen molar-refractivity contribution in [1.29, 1.82) is 0 Å². The Morgan fingerprint density at radius 3 is 2.26 bits per heavy atom. The maximum absolute atomic E-state index is 5.19. The number of nitrogens with one attached hydrogen (secondary N) is 1. The van der Waals surface area contributed by atoms with Crippen LogP contribution in [0.25, 0.3) is 0 Å². The summed E-state index contributed by atoms with van der Waals surface area (Å²) >= 11 is 0. The molecule has 2 heteroatoms. The van der Waals surface area contributed by atoms with E-state index in [0.717, 1.165) is 25.0 Å². The van der Waals surface area contributed by atoms with Crippen molar-refractivity contribution in [3.05, 3.63) is 0 Å². The van der Waals surface area contributed by atoms with Crippen LogP contribution in [0, 0.1) is 17.3 Å². The lowest BCUT2D eigenvalue weighted by Gasteiger charge is -2.39. The highest BCUT2D eigenvalue weighted by molar-refractivity contribution is 4.85. The van der Waals surface area contributed by atoms with Crippen LogP contribution in [0.15, 0.2) is 0 Å². The zero-order valence-corrected chi connectivity index (χ0v) is 13.8. The van der Waals surface area contributed by atoms with Gasteiger partial charge in [0.15, 0.2) is 0 Å². The summed E-state index contributed by atoms with van der Waals surface area (Å²) < 4.78 is 5.19. The van der Waals surface area contributed by atoms with Gasteiger partial charge in [-0.2, -0.15) is 0 Å². The van der Waals surface area contributed by atoms with Gasteiger partial charge in [-0.1, -0.05) is 27.7 Å². The van der Waals surface area contributed by atoms with E-state index in [1.54, 1.807) is 7.11 Å². The number of methoxy groups -OCH3 is 1. The second-order valence-electron chi connectivity index (χ2n) is 7.28. The molecule has 1 atom stereocenters. The van der Waals surface area contributed by atoms with E-state index in [4.69, 9.17) is 4.74 Å². The minimum absolute atomic E-state index is 0.495. The van der Waals surface area contributed by atoms with Crippen LogP contribution in [0.3, 0.4) is 0 Å². The lowest BCUT2D eigenvalue weighted by atomic mass is 9.68. The van der Waals surface area contributed by atoms with Gasteiger partial charge >= 0.3 is 0 Å². The molecule has 0 bridgehead atoms. The summed E-state index contributed by atoms with van der Waals surface area (Å²) in [5.74, 6) is 1.81. The third kappa shape index (κ3) is 5.83. The molecule has 0 aromatic carbocycles. The van der Waals surface area contributed by atoms with E-state index >= 15 is 0 Å². The number of hydrogen-bond donors (Lipinski definition) is 1.